The molecule has 1 aromatic heterocycles. The van der Waals surface area contributed by atoms with Gasteiger partial charge in [0.05, 0.1) is 6.33 Å². The first-order valence-electron chi connectivity index (χ1n) is 7.53. The van der Waals surface area contributed by atoms with E-state index < -0.39 is 0 Å². The normalized spacial score (nSPS) is 25.2. The highest BCUT2D eigenvalue weighted by Gasteiger charge is 2.32. The number of hydrogen-bond donors (Lipinski definition) is 1. The molecule has 1 saturated heterocycles. The molecule has 1 aliphatic carbocycles. The van der Waals surface area contributed by atoms with Crippen LogP contribution < -0.4 is 5.32 Å². The van der Waals surface area contributed by atoms with Crippen LogP contribution in [0.25, 0.3) is 0 Å². The lowest BCUT2D eigenvalue weighted by Crippen LogP contribution is -2.42. The Balaban J connectivity index is 1.85. The second kappa shape index (κ2) is 5.04. The smallest absolute Gasteiger partial charge is 0.0953 e. The van der Waals surface area contributed by atoms with Gasteiger partial charge in [0.25, 0.3) is 0 Å². The van der Waals surface area contributed by atoms with Crippen molar-refractivity contribution in [2.45, 2.75) is 63.3 Å². The molecule has 0 unspecified atom stereocenters. The third-order valence-electron chi connectivity index (χ3n) is 4.95. The van der Waals surface area contributed by atoms with E-state index in [9.17, 15) is 0 Å². The fourth-order valence-electron chi connectivity index (χ4n) is 3.66. The van der Waals surface area contributed by atoms with Crippen LogP contribution in [0.5, 0.6) is 0 Å². The molecule has 1 N–H and O–H groups in total. The SMILES string of the molecule is CC1(n2cncc2C2CCCCC2)CCNCC1. The van der Waals surface area contributed by atoms with Gasteiger partial charge in [0, 0.05) is 23.3 Å². The summed E-state index contributed by atoms with van der Waals surface area (Å²) in [5.41, 5.74) is 1.79. The molecule has 0 amide bonds. The molecule has 1 saturated carbocycles. The van der Waals surface area contributed by atoms with Crippen LogP contribution in [0.1, 0.15) is 63.5 Å². The molecule has 100 valence electrons. The number of hydrogen-bond acceptors (Lipinski definition) is 2. The van der Waals surface area contributed by atoms with Gasteiger partial charge in [-0.25, -0.2) is 4.98 Å². The van der Waals surface area contributed by atoms with Gasteiger partial charge in [-0.2, -0.15) is 0 Å². The largest absolute Gasteiger partial charge is 0.328 e. The molecule has 0 aromatic carbocycles. The van der Waals surface area contributed by atoms with Crippen LogP contribution in [0.15, 0.2) is 12.5 Å². The van der Waals surface area contributed by atoms with Crippen molar-refractivity contribution in [1.82, 2.24) is 14.9 Å². The van der Waals surface area contributed by atoms with Crippen molar-refractivity contribution in [2.24, 2.45) is 0 Å². The molecule has 0 radical (unpaired) electrons. The highest BCUT2D eigenvalue weighted by atomic mass is 15.1. The van der Waals surface area contributed by atoms with E-state index in [1.807, 2.05) is 0 Å². The molecule has 1 aliphatic heterocycles. The molecule has 0 spiro atoms. The molecule has 1 aromatic rings. The van der Waals surface area contributed by atoms with E-state index in [2.05, 4.69) is 34.3 Å². The summed E-state index contributed by atoms with van der Waals surface area (Å²) in [7, 11) is 0. The minimum absolute atomic E-state index is 0.286. The minimum Gasteiger partial charge on any atom is -0.328 e. The van der Waals surface area contributed by atoms with Crippen LogP contribution in [0.3, 0.4) is 0 Å². The molecular formula is C15H25N3. The van der Waals surface area contributed by atoms with Gasteiger partial charge in [-0.1, -0.05) is 19.3 Å². The molecule has 2 aliphatic rings. The Kier molecular flexibility index (Phi) is 3.42. The Bertz CT molecular complexity index is 384. The lowest BCUT2D eigenvalue weighted by atomic mass is 9.84. The standard InChI is InChI=1S/C15H25N3/c1-15(7-9-16-10-8-15)18-12-17-11-14(18)13-5-3-2-4-6-13/h11-13,16H,2-10H2,1H3. The predicted octanol–water partition coefficient (Wildman–Crippen LogP) is 3.03. The monoisotopic (exact) mass is 247 g/mol. The maximum absolute atomic E-state index is 4.46. The Morgan fingerprint density at radius 1 is 1.22 bits per heavy atom. The number of aromatic nitrogens is 2. The Morgan fingerprint density at radius 2 is 1.94 bits per heavy atom. The minimum atomic E-state index is 0.286. The van der Waals surface area contributed by atoms with E-state index in [0.717, 1.165) is 19.0 Å². The van der Waals surface area contributed by atoms with Crippen molar-refractivity contribution in [3.8, 4) is 0 Å². The summed E-state index contributed by atoms with van der Waals surface area (Å²) in [6.07, 6.45) is 13.6. The van der Waals surface area contributed by atoms with Gasteiger partial charge in [-0.3, -0.25) is 0 Å². The fourth-order valence-corrected chi connectivity index (χ4v) is 3.66. The van der Waals surface area contributed by atoms with Crippen LogP contribution in [0.4, 0.5) is 0 Å². The molecule has 3 heteroatoms. The lowest BCUT2D eigenvalue weighted by molar-refractivity contribution is 0.219. The fraction of sp³-hybridized carbons (Fsp3) is 0.800. The van der Waals surface area contributed by atoms with Gasteiger partial charge in [0.2, 0.25) is 0 Å². The van der Waals surface area contributed by atoms with Crippen LogP contribution in [-0.4, -0.2) is 22.6 Å². The third kappa shape index (κ3) is 2.20. The first kappa shape index (κ1) is 12.2. The van der Waals surface area contributed by atoms with E-state index in [1.165, 1.54) is 50.6 Å². The molecule has 3 nitrogen and oxygen atoms in total. The zero-order chi connectivity index (χ0) is 12.4. The highest BCUT2D eigenvalue weighted by molar-refractivity contribution is 5.11. The molecular weight excluding hydrogens is 222 g/mol. The van der Waals surface area contributed by atoms with Gasteiger partial charge in [-0.15, -0.1) is 0 Å². The van der Waals surface area contributed by atoms with E-state index in [1.54, 1.807) is 0 Å². The maximum atomic E-state index is 4.46. The zero-order valence-corrected chi connectivity index (χ0v) is 11.5. The molecule has 0 bridgehead atoms. The predicted molar refractivity (Wildman–Crippen MR) is 73.8 cm³/mol. The van der Waals surface area contributed by atoms with Crippen molar-refractivity contribution in [2.75, 3.05) is 13.1 Å². The summed E-state index contributed by atoms with van der Waals surface area (Å²) >= 11 is 0. The Labute approximate surface area is 110 Å². The van der Waals surface area contributed by atoms with Crippen molar-refractivity contribution in [3.63, 3.8) is 0 Å². The summed E-state index contributed by atoms with van der Waals surface area (Å²) in [5.74, 6) is 0.757. The number of nitrogens with zero attached hydrogens (tertiary/aromatic N) is 2. The molecule has 18 heavy (non-hydrogen) atoms. The summed E-state index contributed by atoms with van der Waals surface area (Å²) in [5, 5.41) is 3.47. The van der Waals surface area contributed by atoms with Crippen LogP contribution in [0, 0.1) is 0 Å². The molecule has 2 fully saturated rings. The van der Waals surface area contributed by atoms with E-state index in [4.69, 9.17) is 0 Å². The number of nitrogens with one attached hydrogen (secondary N) is 1. The molecule has 2 heterocycles. The van der Waals surface area contributed by atoms with Gasteiger partial charge in [0.1, 0.15) is 0 Å². The van der Waals surface area contributed by atoms with E-state index in [-0.39, 0.29) is 5.54 Å². The van der Waals surface area contributed by atoms with Crippen LogP contribution in [0.2, 0.25) is 0 Å². The van der Waals surface area contributed by atoms with Crippen molar-refractivity contribution in [1.29, 1.82) is 0 Å². The van der Waals surface area contributed by atoms with Crippen molar-refractivity contribution < 1.29 is 0 Å². The van der Waals surface area contributed by atoms with Gasteiger partial charge in [-0.05, 0) is 45.7 Å². The van der Waals surface area contributed by atoms with Crippen molar-refractivity contribution in [3.05, 3.63) is 18.2 Å². The molecule has 3 rings (SSSR count). The number of piperidine rings is 1. The first-order valence-corrected chi connectivity index (χ1v) is 7.53. The van der Waals surface area contributed by atoms with E-state index >= 15 is 0 Å². The number of rotatable bonds is 2. The summed E-state index contributed by atoms with van der Waals surface area (Å²) in [6.45, 7) is 4.68. The zero-order valence-electron chi connectivity index (χ0n) is 11.5. The Hall–Kier alpha value is -0.830. The quantitative estimate of drug-likeness (QED) is 0.870. The van der Waals surface area contributed by atoms with Gasteiger partial charge in [0.15, 0.2) is 0 Å². The maximum Gasteiger partial charge on any atom is 0.0953 e. The third-order valence-corrected chi connectivity index (χ3v) is 4.95. The highest BCUT2D eigenvalue weighted by Crippen LogP contribution is 2.36. The van der Waals surface area contributed by atoms with Gasteiger partial charge < -0.3 is 9.88 Å². The van der Waals surface area contributed by atoms with Crippen molar-refractivity contribution >= 4 is 0 Å². The van der Waals surface area contributed by atoms with Gasteiger partial charge >= 0.3 is 0 Å². The number of imidazole rings is 1. The summed E-state index contributed by atoms with van der Waals surface area (Å²) in [6, 6.07) is 0. The summed E-state index contributed by atoms with van der Waals surface area (Å²) in [4.78, 5) is 4.46. The Morgan fingerprint density at radius 3 is 2.67 bits per heavy atom. The first-order chi connectivity index (χ1) is 8.80. The second-order valence-electron chi connectivity index (χ2n) is 6.27. The molecule has 0 atom stereocenters. The van der Waals surface area contributed by atoms with Crippen LogP contribution >= 0.6 is 0 Å². The van der Waals surface area contributed by atoms with Crippen LogP contribution in [-0.2, 0) is 5.54 Å². The average Bonchev–Trinajstić information content (AvgIpc) is 2.91. The summed E-state index contributed by atoms with van der Waals surface area (Å²) < 4.78 is 2.50. The topological polar surface area (TPSA) is 29.9 Å². The second-order valence-corrected chi connectivity index (χ2v) is 6.27. The van der Waals surface area contributed by atoms with E-state index in [0.29, 0.717) is 0 Å². The lowest BCUT2D eigenvalue weighted by Gasteiger charge is -2.38. The average molecular weight is 247 g/mol.